The molecule has 4 rings (SSSR count). The molecule has 0 amide bonds. The van der Waals surface area contributed by atoms with Gasteiger partial charge in [0.05, 0.1) is 0 Å². The summed E-state index contributed by atoms with van der Waals surface area (Å²) in [6.07, 6.45) is 2.16. The van der Waals surface area contributed by atoms with Crippen molar-refractivity contribution in [2.45, 2.75) is 9.79 Å². The summed E-state index contributed by atoms with van der Waals surface area (Å²) < 4.78 is 13.8. The zero-order valence-electron chi connectivity index (χ0n) is 17.0. The Morgan fingerprint density at radius 1 is 0.933 bits per heavy atom. The molecule has 2 radical (unpaired) electrons. The average Bonchev–Trinajstić information content (AvgIpc) is 2.91. The first-order valence-corrected chi connectivity index (χ1v) is 18.0. The molecule has 1 aliphatic heterocycles. The van der Waals surface area contributed by atoms with Gasteiger partial charge in [-0.3, -0.25) is 0 Å². The summed E-state index contributed by atoms with van der Waals surface area (Å²) in [5.41, 5.74) is 2.29. The third kappa shape index (κ3) is 5.84. The minimum atomic E-state index is -1.05. The molecule has 152 valence electrons. The molecular weight excluding hydrogens is 606 g/mol. The monoisotopic (exact) mass is 629 g/mol. The van der Waals surface area contributed by atoms with Crippen molar-refractivity contribution in [2.24, 2.45) is 0 Å². The Labute approximate surface area is 197 Å². The number of nitrogens with zero attached hydrogens (tertiary/aromatic N) is 1. The molecule has 0 unspecified atom stereocenters. The first-order chi connectivity index (χ1) is 14.7. The Morgan fingerprint density at radius 2 is 1.73 bits per heavy atom. The molecule has 0 fully saturated rings. The van der Waals surface area contributed by atoms with E-state index in [-0.39, 0.29) is 0 Å². The maximum absolute atomic E-state index is 6.24. The van der Waals surface area contributed by atoms with Crippen molar-refractivity contribution in [2.75, 3.05) is 27.2 Å². The molecule has 30 heavy (non-hydrogen) atoms. The van der Waals surface area contributed by atoms with Crippen molar-refractivity contribution in [3.8, 4) is 5.75 Å². The number of likely N-dealkylation sites (N-methyl/N-ethyl adjacent to an activating group) is 1. The van der Waals surface area contributed by atoms with Crippen LogP contribution in [0.2, 0.25) is 0 Å². The van der Waals surface area contributed by atoms with E-state index in [9.17, 15) is 0 Å². The Morgan fingerprint density at radius 3 is 2.57 bits per heavy atom. The fraction of sp³-hybridized carbons (Fsp3) is 0.167. The van der Waals surface area contributed by atoms with Crippen LogP contribution < -0.4 is 7.31 Å². The fourth-order valence-electron chi connectivity index (χ4n) is 2.95. The molecule has 1 heterocycles. The standard InChI is InChI=1S/C18H19NO2S2.C6H5.Pb/c1-19(2)9-10-20-16-11-13-5-3-4-6-17(13)23-18-8-7-14(21-22)12-15(16)18;1-2-4-6-5-3-1;/h3-8,11-12,22H,9-10H2,1-2H3;1-5H;/q;;+1/p-1. The molecule has 0 saturated heterocycles. The van der Waals surface area contributed by atoms with Crippen molar-refractivity contribution in [3.05, 3.63) is 83.9 Å². The van der Waals surface area contributed by atoms with Crippen LogP contribution in [-0.4, -0.2) is 54.9 Å². The average molecular weight is 629 g/mol. The Balaban J connectivity index is 1.55. The number of hydrogen-bond donors (Lipinski definition) is 0. The Hall–Kier alpha value is -1.42. The zero-order valence-corrected chi connectivity index (χ0v) is 22.5. The number of fused-ring (bicyclic) bond motifs is 2. The summed E-state index contributed by atoms with van der Waals surface area (Å²) in [5.74, 6) is 1.79. The second-order valence-corrected chi connectivity index (χ2v) is 15.3. The second-order valence-electron chi connectivity index (χ2n) is 7.09. The van der Waals surface area contributed by atoms with Gasteiger partial charge < -0.3 is 0 Å². The van der Waals surface area contributed by atoms with E-state index in [1.807, 2.05) is 0 Å². The van der Waals surface area contributed by atoms with Gasteiger partial charge in [0.25, 0.3) is 0 Å². The Bertz CT molecular complexity index is 1020. The van der Waals surface area contributed by atoms with E-state index in [0.29, 0.717) is 6.61 Å². The maximum atomic E-state index is 6.24. The molecule has 0 N–H and O–H groups in total. The van der Waals surface area contributed by atoms with Crippen LogP contribution >= 0.6 is 20.4 Å². The van der Waals surface area contributed by atoms with E-state index in [4.69, 9.17) is 8.92 Å². The normalized spacial score (nSPS) is 12.6. The molecule has 0 spiro atoms. The molecule has 0 aromatic heterocycles. The third-order valence-electron chi connectivity index (χ3n) is 4.51. The van der Waals surface area contributed by atoms with Gasteiger partial charge in [-0.15, -0.1) is 0 Å². The van der Waals surface area contributed by atoms with Crippen molar-refractivity contribution in [1.82, 2.24) is 4.90 Å². The number of ether oxygens (including phenoxy) is 1. The fourth-order valence-corrected chi connectivity index (χ4v) is 9.53. The van der Waals surface area contributed by atoms with E-state index in [1.165, 1.54) is 18.5 Å². The second kappa shape index (κ2) is 10.7. The van der Waals surface area contributed by atoms with Crippen molar-refractivity contribution in [3.63, 3.8) is 0 Å². The van der Waals surface area contributed by atoms with Gasteiger partial charge in [0.15, 0.2) is 0 Å². The number of benzene rings is 3. The van der Waals surface area contributed by atoms with Gasteiger partial charge in [0, 0.05) is 0 Å². The molecule has 0 aliphatic carbocycles. The molecule has 0 atom stereocenters. The SMILES string of the molecule is CN(C)CCOC1=Cc2ccccc2Sc2ccc(O[S][Pb][c]3ccccc3)cc21. The van der Waals surface area contributed by atoms with E-state index >= 15 is 0 Å². The first-order valence-electron chi connectivity index (χ1n) is 9.74. The van der Waals surface area contributed by atoms with Gasteiger partial charge >= 0.3 is 199 Å². The molecule has 1 aliphatic rings. The molecule has 0 saturated carbocycles. The van der Waals surface area contributed by atoms with Gasteiger partial charge in [-0.25, -0.2) is 0 Å². The van der Waals surface area contributed by atoms with Crippen LogP contribution in [0.4, 0.5) is 0 Å². The van der Waals surface area contributed by atoms with Crippen LogP contribution in [0, 0.1) is 0 Å². The van der Waals surface area contributed by atoms with E-state index in [2.05, 4.69) is 97.9 Å². The molecule has 0 bridgehead atoms. The van der Waals surface area contributed by atoms with Crippen LogP contribution in [-0.2, 0) is 4.74 Å². The van der Waals surface area contributed by atoms with Gasteiger partial charge in [-0.1, -0.05) is 0 Å². The molecule has 3 aromatic carbocycles. The van der Waals surface area contributed by atoms with E-state index in [0.717, 1.165) is 23.6 Å². The summed E-state index contributed by atoms with van der Waals surface area (Å²) in [4.78, 5) is 4.57. The number of hydrogen-bond acceptors (Lipinski definition) is 5. The molecule has 3 nitrogen and oxygen atoms in total. The van der Waals surface area contributed by atoms with Crippen LogP contribution in [0.5, 0.6) is 5.75 Å². The molecule has 6 heteroatoms. The predicted molar refractivity (Wildman–Crippen MR) is 129 cm³/mol. The van der Waals surface area contributed by atoms with E-state index < -0.39 is 22.7 Å². The summed E-state index contributed by atoms with van der Waals surface area (Å²) in [6, 6.07) is 25.5. The van der Waals surface area contributed by atoms with Gasteiger partial charge in [0.2, 0.25) is 0 Å². The summed E-state index contributed by atoms with van der Waals surface area (Å²) in [5, 5.41) is 0. The van der Waals surface area contributed by atoms with Crippen LogP contribution in [0.1, 0.15) is 11.1 Å². The summed E-state index contributed by atoms with van der Waals surface area (Å²) in [6.45, 7) is 1.52. The number of rotatable bonds is 8. The first kappa shape index (κ1) is 21.8. The minimum absolute atomic E-state index is 0.647. The predicted octanol–water partition coefficient (Wildman–Crippen LogP) is 5.20. The van der Waals surface area contributed by atoms with Gasteiger partial charge in [-0.2, -0.15) is 0 Å². The topological polar surface area (TPSA) is 21.7 Å². The van der Waals surface area contributed by atoms with Crippen molar-refractivity contribution in [1.29, 1.82) is 0 Å². The molecule has 3 aromatic rings. The third-order valence-corrected chi connectivity index (χ3v) is 12.3. The zero-order chi connectivity index (χ0) is 20.8. The quantitative estimate of drug-likeness (QED) is 0.252. The van der Waals surface area contributed by atoms with Crippen molar-refractivity contribution < 1.29 is 8.92 Å². The van der Waals surface area contributed by atoms with E-state index in [1.54, 1.807) is 20.4 Å². The Kier molecular flexibility index (Phi) is 7.81. The van der Waals surface area contributed by atoms with Gasteiger partial charge in [-0.05, 0) is 0 Å². The van der Waals surface area contributed by atoms with Crippen molar-refractivity contribution >= 4 is 58.0 Å². The van der Waals surface area contributed by atoms with Gasteiger partial charge in [0.1, 0.15) is 0 Å². The molecular formula is C24H23NO2PbS2. The van der Waals surface area contributed by atoms with Crippen LogP contribution in [0.25, 0.3) is 11.8 Å². The summed E-state index contributed by atoms with van der Waals surface area (Å²) >= 11 is 0.731. The summed E-state index contributed by atoms with van der Waals surface area (Å²) in [7, 11) is 5.77. The van der Waals surface area contributed by atoms with Crippen LogP contribution in [0.15, 0.2) is 82.6 Å². The van der Waals surface area contributed by atoms with Crippen LogP contribution in [0.3, 0.4) is 0 Å².